The van der Waals surface area contributed by atoms with Crippen molar-refractivity contribution in [2.75, 3.05) is 10.6 Å². The highest BCUT2D eigenvalue weighted by Crippen LogP contribution is 2.25. The molecule has 0 aliphatic heterocycles. The molecule has 0 aliphatic carbocycles. The fourth-order valence-corrected chi connectivity index (χ4v) is 3.28. The van der Waals surface area contributed by atoms with Gasteiger partial charge in [-0.1, -0.05) is 24.3 Å². The summed E-state index contributed by atoms with van der Waals surface area (Å²) in [4.78, 5) is 28.6. The predicted octanol–water partition coefficient (Wildman–Crippen LogP) is 4.30. The monoisotopic (exact) mass is 361 g/mol. The zero-order valence-corrected chi connectivity index (χ0v) is 16.0. The van der Waals surface area contributed by atoms with E-state index in [0.717, 1.165) is 33.3 Å². The van der Waals surface area contributed by atoms with Crippen LogP contribution in [-0.2, 0) is 16.0 Å². The highest BCUT2D eigenvalue weighted by atomic mass is 16.2. The fraction of sp³-hybridized carbons (Fsp3) is 0.227. The van der Waals surface area contributed by atoms with Gasteiger partial charge in [-0.25, -0.2) is 0 Å². The maximum atomic E-state index is 12.7. The first-order valence-electron chi connectivity index (χ1n) is 8.88. The molecule has 1 aromatic heterocycles. The third kappa shape index (κ3) is 3.97. The third-order valence-electron chi connectivity index (χ3n) is 4.74. The number of anilines is 2. The van der Waals surface area contributed by atoms with Gasteiger partial charge in [-0.05, 0) is 55.7 Å². The van der Waals surface area contributed by atoms with Crippen LogP contribution >= 0.6 is 0 Å². The highest BCUT2D eigenvalue weighted by molar-refractivity contribution is 5.96. The standard InChI is InChI=1S/C22H23N3O2/c1-13-17-8-5-6-9-21(17)23-15(3)18(13)12-22(27)25-20-11-7-10-19(14(20)2)24-16(4)26/h5-11H,12H2,1-4H3,(H,24,26)(H,25,27). The number of para-hydroxylation sites is 1. The van der Waals surface area contributed by atoms with E-state index in [2.05, 4.69) is 15.6 Å². The van der Waals surface area contributed by atoms with Gasteiger partial charge in [-0.3, -0.25) is 14.6 Å². The van der Waals surface area contributed by atoms with Crippen LogP contribution in [0, 0.1) is 20.8 Å². The van der Waals surface area contributed by atoms with E-state index in [9.17, 15) is 9.59 Å². The molecular formula is C22H23N3O2. The number of nitrogens with zero attached hydrogens (tertiary/aromatic N) is 1. The van der Waals surface area contributed by atoms with Crippen LogP contribution in [-0.4, -0.2) is 16.8 Å². The second-order valence-corrected chi connectivity index (χ2v) is 6.70. The van der Waals surface area contributed by atoms with E-state index in [1.54, 1.807) is 0 Å². The van der Waals surface area contributed by atoms with Gasteiger partial charge in [0.15, 0.2) is 0 Å². The van der Waals surface area contributed by atoms with E-state index in [-0.39, 0.29) is 18.2 Å². The number of amides is 2. The fourth-order valence-electron chi connectivity index (χ4n) is 3.28. The molecule has 0 atom stereocenters. The maximum Gasteiger partial charge on any atom is 0.228 e. The van der Waals surface area contributed by atoms with Crippen molar-refractivity contribution in [1.82, 2.24) is 4.98 Å². The number of hydrogen-bond donors (Lipinski definition) is 2. The van der Waals surface area contributed by atoms with Gasteiger partial charge in [0.05, 0.1) is 11.9 Å². The molecule has 0 spiro atoms. The Bertz CT molecular complexity index is 1040. The van der Waals surface area contributed by atoms with Gasteiger partial charge in [-0.15, -0.1) is 0 Å². The minimum absolute atomic E-state index is 0.110. The predicted molar refractivity (Wildman–Crippen MR) is 109 cm³/mol. The van der Waals surface area contributed by atoms with Gasteiger partial charge in [0.2, 0.25) is 11.8 Å². The Labute approximate surface area is 158 Å². The number of aromatic nitrogens is 1. The van der Waals surface area contributed by atoms with E-state index in [4.69, 9.17) is 0 Å². The summed E-state index contributed by atoms with van der Waals surface area (Å²) in [5.74, 6) is -0.253. The summed E-state index contributed by atoms with van der Waals surface area (Å²) in [5.41, 5.74) is 6.04. The number of nitrogens with one attached hydrogen (secondary N) is 2. The third-order valence-corrected chi connectivity index (χ3v) is 4.74. The van der Waals surface area contributed by atoms with Crippen LogP contribution in [0.3, 0.4) is 0 Å². The van der Waals surface area contributed by atoms with Crippen molar-refractivity contribution in [3.8, 4) is 0 Å². The molecule has 3 aromatic rings. The second-order valence-electron chi connectivity index (χ2n) is 6.70. The van der Waals surface area contributed by atoms with Crippen molar-refractivity contribution >= 4 is 34.1 Å². The minimum Gasteiger partial charge on any atom is -0.326 e. The van der Waals surface area contributed by atoms with Crippen LogP contribution in [0.15, 0.2) is 42.5 Å². The van der Waals surface area contributed by atoms with E-state index in [1.807, 2.05) is 63.2 Å². The van der Waals surface area contributed by atoms with Crippen LogP contribution in [0.25, 0.3) is 10.9 Å². The summed E-state index contributed by atoms with van der Waals surface area (Å²) in [5, 5.41) is 6.80. The largest absolute Gasteiger partial charge is 0.326 e. The molecule has 0 radical (unpaired) electrons. The molecule has 0 saturated carbocycles. The number of rotatable bonds is 4. The Morgan fingerprint density at radius 3 is 2.26 bits per heavy atom. The Kier molecular flexibility index (Phi) is 5.21. The van der Waals surface area contributed by atoms with Gasteiger partial charge in [0.1, 0.15) is 0 Å². The van der Waals surface area contributed by atoms with Crippen LogP contribution in [0.4, 0.5) is 11.4 Å². The lowest BCUT2D eigenvalue weighted by Crippen LogP contribution is -2.17. The van der Waals surface area contributed by atoms with Gasteiger partial charge in [0.25, 0.3) is 0 Å². The first kappa shape index (κ1) is 18.6. The quantitative estimate of drug-likeness (QED) is 0.728. The van der Waals surface area contributed by atoms with Crippen molar-refractivity contribution in [1.29, 1.82) is 0 Å². The number of aryl methyl sites for hydroxylation is 2. The summed E-state index contributed by atoms with van der Waals surface area (Å²) in [7, 11) is 0. The van der Waals surface area contributed by atoms with Crippen molar-refractivity contribution in [3.05, 3.63) is 64.8 Å². The highest BCUT2D eigenvalue weighted by Gasteiger charge is 2.14. The van der Waals surface area contributed by atoms with Crippen molar-refractivity contribution in [2.45, 2.75) is 34.1 Å². The molecule has 27 heavy (non-hydrogen) atoms. The van der Waals surface area contributed by atoms with Gasteiger partial charge in [-0.2, -0.15) is 0 Å². The number of pyridine rings is 1. The normalized spacial score (nSPS) is 10.7. The van der Waals surface area contributed by atoms with Crippen LogP contribution in [0.2, 0.25) is 0 Å². The molecule has 138 valence electrons. The van der Waals surface area contributed by atoms with Crippen molar-refractivity contribution < 1.29 is 9.59 Å². The van der Waals surface area contributed by atoms with E-state index in [1.165, 1.54) is 6.92 Å². The zero-order valence-electron chi connectivity index (χ0n) is 16.0. The average molecular weight is 361 g/mol. The Morgan fingerprint density at radius 2 is 1.56 bits per heavy atom. The SMILES string of the molecule is CC(=O)Nc1cccc(NC(=O)Cc2c(C)nc3ccccc3c2C)c1C. The molecule has 2 aromatic carbocycles. The van der Waals surface area contributed by atoms with Crippen LogP contribution in [0.5, 0.6) is 0 Å². The molecule has 2 N–H and O–H groups in total. The number of carbonyl (C=O) groups is 2. The summed E-state index contributed by atoms with van der Waals surface area (Å²) >= 11 is 0. The topological polar surface area (TPSA) is 71.1 Å². The maximum absolute atomic E-state index is 12.7. The van der Waals surface area contributed by atoms with Crippen molar-refractivity contribution in [2.24, 2.45) is 0 Å². The Balaban J connectivity index is 1.85. The summed E-state index contributed by atoms with van der Waals surface area (Å²) in [6.45, 7) is 7.30. The molecule has 1 heterocycles. The molecule has 0 fully saturated rings. The van der Waals surface area contributed by atoms with Gasteiger partial charge < -0.3 is 10.6 Å². The lowest BCUT2D eigenvalue weighted by atomic mass is 9.99. The summed E-state index contributed by atoms with van der Waals surface area (Å²) in [6, 6.07) is 13.4. The van der Waals surface area contributed by atoms with E-state index < -0.39 is 0 Å². The summed E-state index contributed by atoms with van der Waals surface area (Å²) in [6.07, 6.45) is 0.249. The first-order valence-corrected chi connectivity index (χ1v) is 8.88. The van der Waals surface area contributed by atoms with E-state index >= 15 is 0 Å². The first-order chi connectivity index (χ1) is 12.9. The molecule has 5 heteroatoms. The smallest absolute Gasteiger partial charge is 0.228 e. The lowest BCUT2D eigenvalue weighted by molar-refractivity contribution is -0.116. The average Bonchev–Trinajstić information content (AvgIpc) is 2.62. The Morgan fingerprint density at radius 1 is 0.889 bits per heavy atom. The number of fused-ring (bicyclic) bond motifs is 1. The summed E-state index contributed by atoms with van der Waals surface area (Å²) < 4.78 is 0. The molecule has 0 aliphatic rings. The number of benzene rings is 2. The number of hydrogen-bond acceptors (Lipinski definition) is 3. The van der Waals surface area contributed by atoms with E-state index in [0.29, 0.717) is 11.4 Å². The molecule has 0 saturated heterocycles. The molecule has 2 amide bonds. The molecule has 5 nitrogen and oxygen atoms in total. The molecule has 3 rings (SSSR count). The van der Waals surface area contributed by atoms with Crippen LogP contribution < -0.4 is 10.6 Å². The van der Waals surface area contributed by atoms with Crippen LogP contribution in [0.1, 0.15) is 29.3 Å². The lowest BCUT2D eigenvalue weighted by Gasteiger charge is -2.15. The number of carbonyl (C=O) groups excluding carboxylic acids is 2. The van der Waals surface area contributed by atoms with Crippen molar-refractivity contribution in [3.63, 3.8) is 0 Å². The second kappa shape index (κ2) is 7.58. The molecular weight excluding hydrogens is 338 g/mol. The molecule has 0 bridgehead atoms. The minimum atomic E-state index is -0.143. The van der Waals surface area contributed by atoms with Gasteiger partial charge >= 0.3 is 0 Å². The van der Waals surface area contributed by atoms with Gasteiger partial charge in [0, 0.05) is 29.4 Å². The Hall–Kier alpha value is -3.21. The zero-order chi connectivity index (χ0) is 19.6. The molecule has 0 unspecified atom stereocenters.